The first-order chi connectivity index (χ1) is 5.54. The molecule has 1 heterocycles. The lowest BCUT2D eigenvalue weighted by atomic mass is 10.3. The summed E-state index contributed by atoms with van der Waals surface area (Å²) in [4.78, 5) is 13.4. The maximum Gasteiger partial charge on any atom is 0.358 e. The maximum atomic E-state index is 10.3. The molecule has 1 aromatic heterocycles. The van der Waals surface area contributed by atoms with Gasteiger partial charge in [0.2, 0.25) is 5.75 Å². The van der Waals surface area contributed by atoms with Crippen LogP contribution in [0.15, 0.2) is 6.20 Å². The molecule has 6 heteroatoms. The van der Waals surface area contributed by atoms with Gasteiger partial charge in [-0.3, -0.25) is 0 Å². The van der Waals surface area contributed by atoms with Crippen LogP contribution in [0.5, 0.6) is 17.2 Å². The van der Waals surface area contributed by atoms with Crippen molar-refractivity contribution in [1.82, 2.24) is 4.98 Å². The van der Waals surface area contributed by atoms with Crippen molar-refractivity contribution in [3.8, 4) is 17.2 Å². The third-order valence-electron chi connectivity index (χ3n) is 1.21. The molecule has 0 unspecified atom stereocenters. The highest BCUT2D eigenvalue weighted by atomic mass is 16.4. The number of rotatable bonds is 1. The lowest BCUT2D eigenvalue weighted by Crippen LogP contribution is -1.99. The van der Waals surface area contributed by atoms with E-state index < -0.39 is 28.9 Å². The van der Waals surface area contributed by atoms with E-state index in [4.69, 9.17) is 20.4 Å². The molecule has 0 amide bonds. The Labute approximate surface area is 66.4 Å². The van der Waals surface area contributed by atoms with Crippen molar-refractivity contribution in [3.05, 3.63) is 11.9 Å². The molecule has 0 atom stereocenters. The number of carbonyl (C=O) groups is 1. The summed E-state index contributed by atoms with van der Waals surface area (Å²) in [5.41, 5.74) is -0.703. The number of hydrogen-bond acceptors (Lipinski definition) is 5. The minimum Gasteiger partial charge on any atom is -0.503 e. The van der Waals surface area contributed by atoms with Gasteiger partial charge in [0.05, 0.1) is 6.20 Å². The van der Waals surface area contributed by atoms with E-state index in [9.17, 15) is 4.79 Å². The summed E-state index contributed by atoms with van der Waals surface area (Å²) < 4.78 is 0. The SMILES string of the molecule is O=C(O)c1ncc(O)c(O)c1O. The molecule has 1 aromatic rings. The van der Waals surface area contributed by atoms with Gasteiger partial charge in [-0.1, -0.05) is 0 Å². The maximum absolute atomic E-state index is 10.3. The summed E-state index contributed by atoms with van der Waals surface area (Å²) in [5.74, 6) is -3.98. The smallest absolute Gasteiger partial charge is 0.358 e. The molecule has 0 fully saturated rings. The topological polar surface area (TPSA) is 111 Å². The summed E-state index contributed by atoms with van der Waals surface area (Å²) in [6.45, 7) is 0. The molecular formula is C6H5NO5. The van der Waals surface area contributed by atoms with Crippen LogP contribution >= 0.6 is 0 Å². The second-order valence-electron chi connectivity index (χ2n) is 1.99. The molecular weight excluding hydrogens is 166 g/mol. The molecule has 0 radical (unpaired) electrons. The van der Waals surface area contributed by atoms with Crippen LogP contribution in [0.3, 0.4) is 0 Å². The Morgan fingerprint density at radius 3 is 2.33 bits per heavy atom. The Morgan fingerprint density at radius 2 is 1.83 bits per heavy atom. The Kier molecular flexibility index (Phi) is 1.74. The first-order valence-corrected chi connectivity index (χ1v) is 2.87. The minimum atomic E-state index is -1.48. The van der Waals surface area contributed by atoms with Crippen LogP contribution in [0.4, 0.5) is 0 Å². The Bertz CT molecular complexity index is 335. The van der Waals surface area contributed by atoms with E-state index in [0.717, 1.165) is 6.20 Å². The molecule has 0 saturated heterocycles. The van der Waals surface area contributed by atoms with Crippen LogP contribution in [-0.2, 0) is 0 Å². The van der Waals surface area contributed by atoms with E-state index in [1.807, 2.05) is 0 Å². The van der Waals surface area contributed by atoms with Crippen LogP contribution < -0.4 is 0 Å². The summed E-state index contributed by atoms with van der Waals surface area (Å²) in [7, 11) is 0. The van der Waals surface area contributed by atoms with E-state index in [2.05, 4.69) is 4.98 Å². The fourth-order valence-electron chi connectivity index (χ4n) is 0.638. The molecule has 1 rings (SSSR count). The number of hydrogen-bond donors (Lipinski definition) is 4. The van der Waals surface area contributed by atoms with Crippen LogP contribution in [0.2, 0.25) is 0 Å². The normalized spacial score (nSPS) is 9.67. The number of pyridine rings is 1. The number of nitrogens with zero attached hydrogens (tertiary/aromatic N) is 1. The Hall–Kier alpha value is -1.98. The van der Waals surface area contributed by atoms with Crippen molar-refractivity contribution < 1.29 is 25.2 Å². The number of carboxylic acids is 1. The van der Waals surface area contributed by atoms with Crippen molar-refractivity contribution in [1.29, 1.82) is 0 Å². The Morgan fingerprint density at radius 1 is 1.25 bits per heavy atom. The van der Waals surface area contributed by atoms with E-state index in [1.165, 1.54) is 0 Å². The third-order valence-corrected chi connectivity index (χ3v) is 1.21. The zero-order valence-electron chi connectivity index (χ0n) is 5.72. The van der Waals surface area contributed by atoms with Gasteiger partial charge in [-0.15, -0.1) is 0 Å². The Balaban J connectivity index is 3.36. The molecule has 0 aliphatic rings. The number of carboxylic acid groups (broad SMARTS) is 1. The van der Waals surface area contributed by atoms with Crippen LogP contribution in [0.1, 0.15) is 10.5 Å². The molecule has 0 aliphatic carbocycles. The summed E-state index contributed by atoms with van der Waals surface area (Å²) in [6.07, 6.45) is 0.735. The van der Waals surface area contributed by atoms with Crippen molar-refractivity contribution in [2.75, 3.05) is 0 Å². The van der Waals surface area contributed by atoms with Gasteiger partial charge < -0.3 is 20.4 Å². The molecule has 0 spiro atoms. The van der Waals surface area contributed by atoms with E-state index in [0.29, 0.717) is 0 Å². The van der Waals surface area contributed by atoms with Gasteiger partial charge in [0.25, 0.3) is 0 Å². The van der Waals surface area contributed by atoms with E-state index in [1.54, 1.807) is 0 Å². The standard InChI is InChI=1S/C6H5NO5/c8-2-1-7-3(6(11)12)5(10)4(2)9/h1,8,10H,(H,7,9)(H,11,12). The predicted molar refractivity (Wildman–Crippen MR) is 36.2 cm³/mol. The predicted octanol–water partition coefficient (Wildman–Crippen LogP) is -0.103. The molecule has 12 heavy (non-hydrogen) atoms. The van der Waals surface area contributed by atoms with Crippen molar-refractivity contribution in [3.63, 3.8) is 0 Å². The second-order valence-corrected chi connectivity index (χ2v) is 1.99. The number of aromatic carboxylic acids is 1. The highest BCUT2D eigenvalue weighted by Gasteiger charge is 2.17. The molecule has 0 aromatic carbocycles. The average molecular weight is 171 g/mol. The van der Waals surface area contributed by atoms with Crippen LogP contribution in [-0.4, -0.2) is 31.4 Å². The third kappa shape index (κ3) is 1.09. The highest BCUT2D eigenvalue weighted by Crippen LogP contribution is 2.35. The molecule has 0 aliphatic heterocycles. The van der Waals surface area contributed by atoms with Gasteiger partial charge >= 0.3 is 5.97 Å². The number of aromatic nitrogens is 1. The minimum absolute atomic E-state index is 0.669. The summed E-state index contributed by atoms with van der Waals surface area (Å²) >= 11 is 0. The molecule has 0 bridgehead atoms. The molecule has 0 saturated carbocycles. The van der Waals surface area contributed by atoms with Gasteiger partial charge in [0.15, 0.2) is 17.2 Å². The number of aromatic hydroxyl groups is 3. The van der Waals surface area contributed by atoms with Gasteiger partial charge in [-0.2, -0.15) is 0 Å². The van der Waals surface area contributed by atoms with E-state index >= 15 is 0 Å². The zero-order valence-corrected chi connectivity index (χ0v) is 5.72. The first kappa shape index (κ1) is 8.12. The molecule has 64 valence electrons. The summed E-state index contributed by atoms with van der Waals surface area (Å²) in [5, 5.41) is 34.8. The molecule has 6 nitrogen and oxygen atoms in total. The highest BCUT2D eigenvalue weighted by molar-refractivity contribution is 5.89. The molecule has 4 N–H and O–H groups in total. The largest absolute Gasteiger partial charge is 0.503 e. The van der Waals surface area contributed by atoms with Crippen LogP contribution in [0.25, 0.3) is 0 Å². The first-order valence-electron chi connectivity index (χ1n) is 2.87. The van der Waals surface area contributed by atoms with Gasteiger partial charge in [-0.05, 0) is 0 Å². The monoisotopic (exact) mass is 171 g/mol. The van der Waals surface area contributed by atoms with Gasteiger partial charge in [0.1, 0.15) is 0 Å². The van der Waals surface area contributed by atoms with Gasteiger partial charge in [-0.25, -0.2) is 9.78 Å². The van der Waals surface area contributed by atoms with Crippen LogP contribution in [0, 0.1) is 0 Å². The fourth-order valence-corrected chi connectivity index (χ4v) is 0.638. The van der Waals surface area contributed by atoms with Crippen molar-refractivity contribution in [2.45, 2.75) is 0 Å². The fraction of sp³-hybridized carbons (Fsp3) is 0. The van der Waals surface area contributed by atoms with Gasteiger partial charge in [0, 0.05) is 0 Å². The van der Waals surface area contributed by atoms with Crippen molar-refractivity contribution >= 4 is 5.97 Å². The second kappa shape index (κ2) is 2.57. The zero-order chi connectivity index (χ0) is 9.30. The quantitative estimate of drug-likeness (QED) is 0.469. The summed E-state index contributed by atoms with van der Waals surface area (Å²) in [6, 6.07) is 0. The lowest BCUT2D eigenvalue weighted by molar-refractivity contribution is 0.0686. The van der Waals surface area contributed by atoms with E-state index in [-0.39, 0.29) is 0 Å². The average Bonchev–Trinajstić information content (AvgIpc) is 2.00. The van der Waals surface area contributed by atoms with Crippen molar-refractivity contribution in [2.24, 2.45) is 0 Å². The lowest BCUT2D eigenvalue weighted by Gasteiger charge is -2.01.